The van der Waals surface area contributed by atoms with Crippen LogP contribution in [0.2, 0.25) is 0 Å². The Morgan fingerprint density at radius 2 is 2.22 bits per heavy atom. The van der Waals surface area contributed by atoms with Gasteiger partial charge in [0.05, 0.1) is 10.3 Å². The molecule has 2 unspecified atom stereocenters. The molecule has 1 aliphatic rings. The minimum absolute atomic E-state index is 0.0784. The molecule has 0 aromatic heterocycles. The van der Waals surface area contributed by atoms with Crippen LogP contribution < -0.4 is 5.73 Å². The van der Waals surface area contributed by atoms with Crippen molar-refractivity contribution in [3.8, 4) is 0 Å². The molecule has 0 saturated heterocycles. The lowest BCUT2D eigenvalue weighted by molar-refractivity contribution is -0.419. The maximum Gasteiger partial charge on any atom is 0.266 e. The molecule has 0 heterocycles. The van der Waals surface area contributed by atoms with Crippen molar-refractivity contribution in [3.05, 3.63) is 34.0 Å². The molecule has 0 bridgehead atoms. The SMILES string of the molecule is CC(N)SSC1(C(Cl)(Cl)Cl)C=C([N+](=O)[O-])C=CC1. The second kappa shape index (κ2) is 6.24. The van der Waals surface area contributed by atoms with E-state index in [9.17, 15) is 10.1 Å². The van der Waals surface area contributed by atoms with Crippen molar-refractivity contribution in [2.45, 2.75) is 27.3 Å². The lowest BCUT2D eigenvalue weighted by Crippen LogP contribution is -2.39. The molecule has 2 atom stereocenters. The summed E-state index contributed by atoms with van der Waals surface area (Å²) in [5.41, 5.74) is 5.57. The highest BCUT2D eigenvalue weighted by molar-refractivity contribution is 8.77. The highest BCUT2D eigenvalue weighted by Crippen LogP contribution is 2.56. The van der Waals surface area contributed by atoms with Gasteiger partial charge >= 0.3 is 0 Å². The second-order valence-corrected chi connectivity index (χ2v) is 8.89. The van der Waals surface area contributed by atoms with Gasteiger partial charge in [-0.3, -0.25) is 10.1 Å². The summed E-state index contributed by atoms with van der Waals surface area (Å²) in [6, 6.07) is 0. The summed E-state index contributed by atoms with van der Waals surface area (Å²) in [6.07, 6.45) is 4.83. The Hall–Kier alpha value is 0.410. The fraction of sp³-hybridized carbons (Fsp3) is 0.556. The molecule has 0 aliphatic heterocycles. The van der Waals surface area contributed by atoms with Crippen molar-refractivity contribution in [3.63, 3.8) is 0 Å². The van der Waals surface area contributed by atoms with E-state index in [2.05, 4.69) is 0 Å². The number of nitro groups is 1. The summed E-state index contributed by atoms with van der Waals surface area (Å²) in [6.45, 7) is 1.79. The second-order valence-electron chi connectivity index (χ2n) is 3.70. The largest absolute Gasteiger partial charge is 0.319 e. The van der Waals surface area contributed by atoms with Crippen LogP contribution in [0.15, 0.2) is 23.9 Å². The van der Waals surface area contributed by atoms with Gasteiger partial charge in [-0.2, -0.15) is 0 Å². The number of nitrogens with zero attached hydrogens (tertiary/aromatic N) is 1. The predicted octanol–water partition coefficient (Wildman–Crippen LogP) is 3.90. The van der Waals surface area contributed by atoms with Gasteiger partial charge in [-0.1, -0.05) is 62.5 Å². The van der Waals surface area contributed by atoms with E-state index < -0.39 is 13.5 Å². The highest BCUT2D eigenvalue weighted by atomic mass is 35.6. The quantitative estimate of drug-likeness (QED) is 0.274. The van der Waals surface area contributed by atoms with E-state index in [0.717, 1.165) is 0 Å². The minimum Gasteiger partial charge on any atom is -0.319 e. The molecule has 0 aromatic carbocycles. The third-order valence-corrected chi connectivity index (χ3v) is 6.86. The van der Waals surface area contributed by atoms with E-state index in [-0.39, 0.29) is 11.1 Å². The number of hydrogen-bond acceptors (Lipinski definition) is 5. The Bertz CT molecular complexity index is 396. The van der Waals surface area contributed by atoms with E-state index in [1.165, 1.54) is 33.7 Å². The zero-order chi connectivity index (χ0) is 14.0. The fourth-order valence-electron chi connectivity index (χ4n) is 1.28. The number of allylic oxidation sites excluding steroid dienone is 2. The van der Waals surface area contributed by atoms with Gasteiger partial charge in [0.1, 0.15) is 4.75 Å². The van der Waals surface area contributed by atoms with Crippen LogP contribution in [0.3, 0.4) is 0 Å². The van der Waals surface area contributed by atoms with E-state index >= 15 is 0 Å². The third-order valence-electron chi connectivity index (χ3n) is 2.13. The summed E-state index contributed by atoms with van der Waals surface area (Å²) < 4.78 is -2.65. The predicted molar refractivity (Wildman–Crippen MR) is 80.7 cm³/mol. The van der Waals surface area contributed by atoms with Crippen LogP contribution in [0.25, 0.3) is 0 Å². The first-order valence-electron chi connectivity index (χ1n) is 4.88. The van der Waals surface area contributed by atoms with Gasteiger partial charge in [0, 0.05) is 12.2 Å². The molecule has 0 radical (unpaired) electrons. The number of alkyl halides is 3. The maximum absolute atomic E-state index is 10.8. The lowest BCUT2D eigenvalue weighted by atomic mass is 10.00. The van der Waals surface area contributed by atoms with Crippen molar-refractivity contribution >= 4 is 56.4 Å². The van der Waals surface area contributed by atoms with Crippen molar-refractivity contribution in [2.75, 3.05) is 0 Å². The zero-order valence-electron chi connectivity index (χ0n) is 9.31. The van der Waals surface area contributed by atoms with Crippen LogP contribution in [0.5, 0.6) is 0 Å². The number of hydrogen-bond donors (Lipinski definition) is 1. The van der Waals surface area contributed by atoms with E-state index in [1.54, 1.807) is 13.0 Å². The van der Waals surface area contributed by atoms with Crippen molar-refractivity contribution in [2.24, 2.45) is 5.73 Å². The van der Waals surface area contributed by atoms with E-state index in [4.69, 9.17) is 40.5 Å². The van der Waals surface area contributed by atoms with Crippen LogP contribution in [0.1, 0.15) is 13.3 Å². The number of halogens is 3. The molecular weight excluding hydrogens is 339 g/mol. The molecule has 0 saturated carbocycles. The van der Waals surface area contributed by atoms with Gasteiger partial charge in [0.15, 0.2) is 0 Å². The summed E-state index contributed by atoms with van der Waals surface area (Å²) >= 11 is 17.9. The Kier molecular flexibility index (Phi) is 5.71. The Balaban J connectivity index is 3.07. The number of nitrogens with two attached hydrogens (primary N) is 1. The third kappa shape index (κ3) is 3.95. The molecule has 0 spiro atoms. The molecule has 2 N–H and O–H groups in total. The molecule has 9 heteroatoms. The lowest BCUT2D eigenvalue weighted by Gasteiger charge is -2.36. The smallest absolute Gasteiger partial charge is 0.266 e. The highest BCUT2D eigenvalue weighted by Gasteiger charge is 2.50. The number of rotatable bonds is 4. The van der Waals surface area contributed by atoms with Crippen LogP contribution in [0, 0.1) is 10.1 Å². The van der Waals surface area contributed by atoms with Crippen molar-refractivity contribution < 1.29 is 4.92 Å². The normalized spacial score (nSPS) is 25.7. The van der Waals surface area contributed by atoms with Crippen molar-refractivity contribution in [1.82, 2.24) is 0 Å². The maximum atomic E-state index is 10.8. The van der Waals surface area contributed by atoms with Crippen molar-refractivity contribution in [1.29, 1.82) is 0 Å². The zero-order valence-corrected chi connectivity index (χ0v) is 13.2. The van der Waals surface area contributed by atoms with Gasteiger partial charge in [0.25, 0.3) is 5.70 Å². The van der Waals surface area contributed by atoms with Gasteiger partial charge < -0.3 is 5.73 Å². The van der Waals surface area contributed by atoms with Crippen LogP contribution >= 0.6 is 56.4 Å². The molecular formula is C9H11Cl3N2O2S2. The molecule has 1 rings (SSSR count). The first-order valence-corrected chi connectivity index (χ1v) is 8.23. The topological polar surface area (TPSA) is 69.2 Å². The summed E-state index contributed by atoms with van der Waals surface area (Å²) in [5.74, 6) is 0. The van der Waals surface area contributed by atoms with Crippen LogP contribution in [-0.2, 0) is 0 Å². The molecule has 18 heavy (non-hydrogen) atoms. The van der Waals surface area contributed by atoms with E-state index in [0.29, 0.717) is 6.42 Å². The Labute approximate surface area is 128 Å². The molecule has 102 valence electrons. The Morgan fingerprint density at radius 3 is 2.67 bits per heavy atom. The molecule has 1 aliphatic carbocycles. The molecule has 0 fully saturated rings. The fourth-order valence-corrected chi connectivity index (χ4v) is 4.88. The Morgan fingerprint density at radius 1 is 1.61 bits per heavy atom. The van der Waals surface area contributed by atoms with Gasteiger partial charge in [0.2, 0.25) is 3.79 Å². The molecule has 0 aromatic rings. The standard InChI is InChI=1S/C9H11Cl3N2O2S2/c1-6(13)17-18-8(9(10,11)12)4-2-3-7(5-8)14(15)16/h2-3,5-6H,4,13H2,1H3. The minimum atomic E-state index is -1.66. The summed E-state index contributed by atoms with van der Waals surface area (Å²) in [4.78, 5) is 10.3. The monoisotopic (exact) mass is 348 g/mol. The average Bonchev–Trinajstić information content (AvgIpc) is 2.25. The first-order chi connectivity index (χ1) is 8.18. The first kappa shape index (κ1) is 16.5. The molecule has 0 amide bonds. The van der Waals surface area contributed by atoms with Crippen LogP contribution in [0.4, 0.5) is 0 Å². The summed E-state index contributed by atoms with van der Waals surface area (Å²) in [5, 5.41) is 10.7. The average molecular weight is 350 g/mol. The van der Waals surface area contributed by atoms with Gasteiger partial charge in [-0.15, -0.1) is 0 Å². The van der Waals surface area contributed by atoms with Gasteiger partial charge in [-0.05, 0) is 13.3 Å². The molecule has 4 nitrogen and oxygen atoms in total. The van der Waals surface area contributed by atoms with E-state index in [1.807, 2.05) is 0 Å². The van der Waals surface area contributed by atoms with Crippen LogP contribution in [-0.4, -0.2) is 18.8 Å². The van der Waals surface area contributed by atoms with Gasteiger partial charge in [-0.25, -0.2) is 0 Å². The summed E-state index contributed by atoms with van der Waals surface area (Å²) in [7, 11) is 2.56.